The van der Waals surface area contributed by atoms with Crippen LogP contribution in [0.25, 0.3) is 0 Å². The van der Waals surface area contributed by atoms with E-state index in [0.29, 0.717) is 26.1 Å². The summed E-state index contributed by atoms with van der Waals surface area (Å²) in [5.74, 6) is 0.175. The van der Waals surface area contributed by atoms with E-state index in [1.165, 1.54) is 12.1 Å². The molecule has 0 radical (unpaired) electrons. The first kappa shape index (κ1) is 18.0. The Labute approximate surface area is 133 Å². The van der Waals surface area contributed by atoms with Crippen molar-refractivity contribution in [1.82, 2.24) is 4.90 Å². The first-order valence-corrected chi connectivity index (χ1v) is 7.70. The number of ether oxygens (including phenoxy) is 2. The zero-order valence-corrected chi connectivity index (χ0v) is 13.1. The van der Waals surface area contributed by atoms with Gasteiger partial charge in [-0.2, -0.15) is 13.2 Å². The quantitative estimate of drug-likeness (QED) is 0.869. The van der Waals surface area contributed by atoms with E-state index in [1.807, 2.05) is 6.92 Å². The van der Waals surface area contributed by atoms with Crippen LogP contribution in [-0.2, 0) is 10.9 Å². The normalized spacial score (nSPS) is 21.2. The maximum Gasteiger partial charge on any atom is 0.416 e. The van der Waals surface area contributed by atoms with E-state index in [9.17, 15) is 18.3 Å². The second kappa shape index (κ2) is 7.99. The summed E-state index contributed by atoms with van der Waals surface area (Å²) < 4.78 is 49.0. The molecule has 1 heterocycles. The van der Waals surface area contributed by atoms with Crippen LogP contribution in [0.4, 0.5) is 13.2 Å². The Morgan fingerprint density at radius 1 is 1.43 bits per heavy atom. The Hall–Kier alpha value is -1.31. The summed E-state index contributed by atoms with van der Waals surface area (Å²) in [7, 11) is 0. The Bertz CT molecular complexity index is 496. The highest BCUT2D eigenvalue weighted by molar-refractivity contribution is 5.30. The van der Waals surface area contributed by atoms with E-state index in [4.69, 9.17) is 9.47 Å². The van der Waals surface area contributed by atoms with Crippen LogP contribution in [0.5, 0.6) is 5.75 Å². The van der Waals surface area contributed by atoms with Crippen LogP contribution in [0, 0.1) is 0 Å². The number of morpholine rings is 1. The highest BCUT2D eigenvalue weighted by atomic mass is 19.4. The van der Waals surface area contributed by atoms with Crippen molar-refractivity contribution in [2.24, 2.45) is 0 Å². The SMILES string of the molecule is CC[C@H](O)CN1CCO[C@@H](COc2cccc(C(F)(F)F)c2)C1. The molecule has 0 spiro atoms. The third kappa shape index (κ3) is 5.67. The Morgan fingerprint density at radius 3 is 2.91 bits per heavy atom. The van der Waals surface area contributed by atoms with E-state index in [2.05, 4.69) is 4.90 Å². The van der Waals surface area contributed by atoms with Gasteiger partial charge in [0, 0.05) is 19.6 Å². The van der Waals surface area contributed by atoms with E-state index >= 15 is 0 Å². The minimum atomic E-state index is -4.38. The second-order valence-electron chi connectivity index (χ2n) is 5.65. The van der Waals surface area contributed by atoms with Gasteiger partial charge in [0.05, 0.1) is 18.3 Å². The first-order valence-electron chi connectivity index (χ1n) is 7.70. The van der Waals surface area contributed by atoms with Crippen molar-refractivity contribution in [3.8, 4) is 5.75 Å². The molecule has 1 aliphatic rings. The summed E-state index contributed by atoms with van der Waals surface area (Å²) in [4.78, 5) is 2.08. The summed E-state index contributed by atoms with van der Waals surface area (Å²) in [5, 5.41) is 9.69. The molecule has 130 valence electrons. The fourth-order valence-electron chi connectivity index (χ4n) is 2.43. The number of hydrogen-bond donors (Lipinski definition) is 1. The highest BCUT2D eigenvalue weighted by Gasteiger charge is 2.30. The predicted molar refractivity (Wildman–Crippen MR) is 79.4 cm³/mol. The van der Waals surface area contributed by atoms with E-state index in [-0.39, 0.29) is 24.6 Å². The lowest BCUT2D eigenvalue weighted by atomic mass is 10.2. The molecular weight excluding hydrogens is 311 g/mol. The molecule has 1 aromatic rings. The largest absolute Gasteiger partial charge is 0.491 e. The molecule has 2 atom stereocenters. The van der Waals surface area contributed by atoms with Gasteiger partial charge < -0.3 is 14.6 Å². The number of halogens is 3. The lowest BCUT2D eigenvalue weighted by Gasteiger charge is -2.33. The molecule has 0 aromatic heterocycles. The molecule has 0 aliphatic carbocycles. The topological polar surface area (TPSA) is 41.9 Å². The molecule has 0 saturated carbocycles. The minimum absolute atomic E-state index is 0.175. The van der Waals surface area contributed by atoms with Gasteiger partial charge in [-0.15, -0.1) is 0 Å². The summed E-state index contributed by atoms with van der Waals surface area (Å²) in [5.41, 5.74) is -0.729. The van der Waals surface area contributed by atoms with Gasteiger partial charge in [-0.25, -0.2) is 0 Å². The molecular formula is C16H22F3NO3. The van der Waals surface area contributed by atoms with Gasteiger partial charge in [0.2, 0.25) is 0 Å². The fraction of sp³-hybridized carbons (Fsp3) is 0.625. The van der Waals surface area contributed by atoms with Gasteiger partial charge >= 0.3 is 6.18 Å². The van der Waals surface area contributed by atoms with Gasteiger partial charge in [-0.05, 0) is 24.6 Å². The molecule has 1 aliphatic heterocycles. The van der Waals surface area contributed by atoms with Crippen molar-refractivity contribution in [3.05, 3.63) is 29.8 Å². The Kier molecular flexibility index (Phi) is 6.26. The molecule has 7 heteroatoms. The van der Waals surface area contributed by atoms with Crippen LogP contribution in [0.3, 0.4) is 0 Å². The zero-order chi connectivity index (χ0) is 16.9. The van der Waals surface area contributed by atoms with Crippen molar-refractivity contribution in [2.75, 3.05) is 32.8 Å². The van der Waals surface area contributed by atoms with Crippen molar-refractivity contribution in [1.29, 1.82) is 0 Å². The number of aliphatic hydroxyl groups is 1. The maximum absolute atomic E-state index is 12.7. The molecule has 0 bridgehead atoms. The Morgan fingerprint density at radius 2 is 2.22 bits per heavy atom. The first-order chi connectivity index (χ1) is 10.9. The summed E-state index contributed by atoms with van der Waals surface area (Å²) in [6, 6.07) is 4.82. The number of nitrogens with zero attached hydrogens (tertiary/aromatic N) is 1. The lowest BCUT2D eigenvalue weighted by molar-refractivity contribution is -0.137. The van der Waals surface area contributed by atoms with Gasteiger partial charge in [-0.1, -0.05) is 13.0 Å². The van der Waals surface area contributed by atoms with Crippen LogP contribution in [0.2, 0.25) is 0 Å². The van der Waals surface area contributed by atoms with Gasteiger partial charge in [0.1, 0.15) is 18.5 Å². The van der Waals surface area contributed by atoms with Crippen molar-refractivity contribution in [2.45, 2.75) is 31.7 Å². The van der Waals surface area contributed by atoms with Crippen LogP contribution in [-0.4, -0.2) is 55.1 Å². The van der Waals surface area contributed by atoms with Crippen LogP contribution in [0.1, 0.15) is 18.9 Å². The zero-order valence-electron chi connectivity index (χ0n) is 13.1. The van der Waals surface area contributed by atoms with E-state index in [0.717, 1.165) is 18.7 Å². The number of hydrogen-bond acceptors (Lipinski definition) is 4. The standard InChI is InChI=1S/C16H22F3NO3/c1-2-13(21)9-20-6-7-22-15(10-20)11-23-14-5-3-4-12(8-14)16(17,18)19/h3-5,8,13,15,21H,2,6-7,9-11H2,1H3/t13-,15+/m0/s1. The summed E-state index contributed by atoms with van der Waals surface area (Å²) in [6.07, 6.45) is -4.29. The maximum atomic E-state index is 12.7. The Balaban J connectivity index is 1.86. The van der Waals surface area contributed by atoms with Crippen molar-refractivity contribution >= 4 is 0 Å². The molecule has 1 saturated heterocycles. The lowest BCUT2D eigenvalue weighted by Crippen LogP contribution is -2.47. The fourth-order valence-corrected chi connectivity index (χ4v) is 2.43. The molecule has 2 rings (SSSR count). The van der Waals surface area contributed by atoms with Crippen molar-refractivity contribution in [3.63, 3.8) is 0 Å². The van der Waals surface area contributed by atoms with E-state index in [1.54, 1.807) is 0 Å². The van der Waals surface area contributed by atoms with Gasteiger partial charge in [0.15, 0.2) is 0 Å². The number of β-amino-alcohol motifs (C(OH)–C–C–N with tert-alkyl or cyclic N) is 1. The average Bonchev–Trinajstić information content (AvgIpc) is 2.52. The van der Waals surface area contributed by atoms with Gasteiger partial charge in [-0.3, -0.25) is 4.90 Å². The third-order valence-electron chi connectivity index (χ3n) is 3.76. The molecule has 4 nitrogen and oxygen atoms in total. The summed E-state index contributed by atoms with van der Waals surface area (Å²) in [6.45, 7) is 4.51. The number of alkyl halides is 3. The molecule has 0 unspecified atom stereocenters. The smallest absolute Gasteiger partial charge is 0.416 e. The van der Waals surface area contributed by atoms with E-state index < -0.39 is 11.7 Å². The van der Waals surface area contributed by atoms with Crippen molar-refractivity contribution < 1.29 is 27.8 Å². The van der Waals surface area contributed by atoms with Crippen LogP contribution >= 0.6 is 0 Å². The van der Waals surface area contributed by atoms with Crippen LogP contribution in [0.15, 0.2) is 24.3 Å². The minimum Gasteiger partial charge on any atom is -0.491 e. The number of aliphatic hydroxyl groups excluding tert-OH is 1. The number of rotatable bonds is 6. The monoisotopic (exact) mass is 333 g/mol. The second-order valence-corrected chi connectivity index (χ2v) is 5.65. The molecule has 1 aromatic carbocycles. The van der Waals surface area contributed by atoms with Crippen LogP contribution < -0.4 is 4.74 Å². The molecule has 1 N–H and O–H groups in total. The number of benzene rings is 1. The summed E-state index contributed by atoms with van der Waals surface area (Å²) >= 11 is 0. The third-order valence-corrected chi connectivity index (χ3v) is 3.76. The predicted octanol–water partition coefficient (Wildman–Crippen LogP) is 2.56. The van der Waals surface area contributed by atoms with Gasteiger partial charge in [0.25, 0.3) is 0 Å². The molecule has 1 fully saturated rings. The highest BCUT2D eigenvalue weighted by Crippen LogP contribution is 2.31. The molecule has 0 amide bonds. The average molecular weight is 333 g/mol. The molecule has 23 heavy (non-hydrogen) atoms.